The molecule has 0 saturated carbocycles. The molecule has 0 aliphatic rings. The Morgan fingerprint density at radius 1 is 1.33 bits per heavy atom. The molecule has 0 spiro atoms. The van der Waals surface area contributed by atoms with E-state index in [1.807, 2.05) is 10.7 Å². The summed E-state index contributed by atoms with van der Waals surface area (Å²) in [7, 11) is 0. The fraction of sp³-hybridized carbons (Fsp3) is 0.429. The van der Waals surface area contributed by atoms with Gasteiger partial charge in [-0.05, 0) is 30.0 Å². The van der Waals surface area contributed by atoms with E-state index < -0.39 is 0 Å². The van der Waals surface area contributed by atoms with Crippen molar-refractivity contribution in [2.75, 3.05) is 5.73 Å². The molecule has 0 bridgehead atoms. The monoisotopic (exact) mass is 244 g/mol. The molecule has 0 aliphatic carbocycles. The molecule has 0 radical (unpaired) electrons. The Morgan fingerprint density at radius 2 is 2.11 bits per heavy atom. The number of anilines is 1. The van der Waals surface area contributed by atoms with E-state index in [2.05, 4.69) is 49.3 Å². The molecule has 96 valence electrons. The Morgan fingerprint density at radius 3 is 2.78 bits per heavy atom. The van der Waals surface area contributed by atoms with Crippen molar-refractivity contribution in [1.29, 1.82) is 0 Å². The van der Waals surface area contributed by atoms with E-state index in [0.29, 0.717) is 11.7 Å². The second kappa shape index (κ2) is 5.21. The van der Waals surface area contributed by atoms with Gasteiger partial charge in [-0.25, -0.2) is 4.68 Å². The molecule has 2 N–H and O–H groups in total. The second-order valence-electron chi connectivity index (χ2n) is 4.83. The molecule has 4 heteroatoms. The molecule has 2 rings (SSSR count). The van der Waals surface area contributed by atoms with Crippen LogP contribution in [-0.2, 0) is 6.42 Å². The minimum absolute atomic E-state index is 0.500. The zero-order chi connectivity index (χ0) is 13.1. The standard InChI is InChI=1S/C14H20N4/c1-4-6-13-14(15)16-17-18(13)12-8-5-7-11(9-12)10(2)3/h5,7-10H,4,6,15H2,1-3H3. The van der Waals surface area contributed by atoms with Crippen LogP contribution in [0.15, 0.2) is 24.3 Å². The summed E-state index contributed by atoms with van der Waals surface area (Å²) in [6, 6.07) is 8.38. The smallest absolute Gasteiger partial charge is 0.169 e. The average Bonchev–Trinajstić information content (AvgIpc) is 2.72. The lowest BCUT2D eigenvalue weighted by Gasteiger charge is -2.10. The highest BCUT2D eigenvalue weighted by molar-refractivity contribution is 5.43. The number of hydrogen-bond acceptors (Lipinski definition) is 3. The zero-order valence-corrected chi connectivity index (χ0v) is 11.2. The number of hydrogen-bond donors (Lipinski definition) is 1. The quantitative estimate of drug-likeness (QED) is 0.899. The maximum atomic E-state index is 5.87. The highest BCUT2D eigenvalue weighted by Gasteiger charge is 2.11. The molecule has 0 atom stereocenters. The van der Waals surface area contributed by atoms with Gasteiger partial charge < -0.3 is 5.73 Å². The predicted octanol–water partition coefficient (Wildman–Crippen LogP) is 2.93. The van der Waals surface area contributed by atoms with Crippen LogP contribution < -0.4 is 5.73 Å². The van der Waals surface area contributed by atoms with Gasteiger partial charge in [0.05, 0.1) is 11.4 Å². The van der Waals surface area contributed by atoms with Crippen LogP contribution >= 0.6 is 0 Å². The maximum absolute atomic E-state index is 5.87. The van der Waals surface area contributed by atoms with E-state index in [1.165, 1.54) is 5.56 Å². The Kier molecular flexibility index (Phi) is 3.65. The van der Waals surface area contributed by atoms with Gasteiger partial charge in [-0.3, -0.25) is 0 Å². The van der Waals surface area contributed by atoms with Crippen LogP contribution in [0.3, 0.4) is 0 Å². The van der Waals surface area contributed by atoms with Crippen molar-refractivity contribution in [3.8, 4) is 5.69 Å². The molecule has 18 heavy (non-hydrogen) atoms. The Bertz CT molecular complexity index is 528. The first-order chi connectivity index (χ1) is 8.63. The van der Waals surface area contributed by atoms with Crippen LogP contribution in [-0.4, -0.2) is 15.0 Å². The summed E-state index contributed by atoms with van der Waals surface area (Å²) in [5, 5.41) is 8.12. The third kappa shape index (κ3) is 2.37. The molecule has 2 aromatic rings. The van der Waals surface area contributed by atoms with Crippen LogP contribution in [0.1, 0.15) is 44.4 Å². The molecular weight excluding hydrogens is 224 g/mol. The fourth-order valence-electron chi connectivity index (χ4n) is 2.01. The molecule has 1 heterocycles. The molecule has 4 nitrogen and oxygen atoms in total. The topological polar surface area (TPSA) is 56.7 Å². The van der Waals surface area contributed by atoms with Crippen LogP contribution in [0.5, 0.6) is 0 Å². The van der Waals surface area contributed by atoms with Gasteiger partial charge in [0.2, 0.25) is 0 Å². The first kappa shape index (κ1) is 12.6. The lowest BCUT2D eigenvalue weighted by atomic mass is 10.0. The van der Waals surface area contributed by atoms with Gasteiger partial charge in [0.15, 0.2) is 5.82 Å². The molecule has 0 unspecified atom stereocenters. The van der Waals surface area contributed by atoms with Crippen molar-refractivity contribution >= 4 is 5.82 Å². The number of aromatic nitrogens is 3. The number of nitrogens with two attached hydrogens (primary N) is 1. The number of benzene rings is 1. The Hall–Kier alpha value is -1.84. The number of nitrogen functional groups attached to an aromatic ring is 1. The minimum Gasteiger partial charge on any atom is -0.381 e. The van der Waals surface area contributed by atoms with E-state index in [9.17, 15) is 0 Å². The molecule has 1 aromatic carbocycles. The van der Waals surface area contributed by atoms with Gasteiger partial charge in [0.1, 0.15) is 0 Å². The van der Waals surface area contributed by atoms with Gasteiger partial charge in [-0.15, -0.1) is 5.10 Å². The van der Waals surface area contributed by atoms with Gasteiger partial charge >= 0.3 is 0 Å². The molecule has 0 fully saturated rings. The van der Waals surface area contributed by atoms with Crippen molar-refractivity contribution in [2.24, 2.45) is 0 Å². The molecular formula is C14H20N4. The summed E-state index contributed by atoms with van der Waals surface area (Å²) in [5.41, 5.74) is 9.20. The van der Waals surface area contributed by atoms with Crippen LogP contribution in [0.25, 0.3) is 5.69 Å². The predicted molar refractivity (Wildman–Crippen MR) is 73.9 cm³/mol. The van der Waals surface area contributed by atoms with Crippen molar-refractivity contribution in [3.63, 3.8) is 0 Å². The minimum atomic E-state index is 0.500. The summed E-state index contributed by atoms with van der Waals surface area (Å²) < 4.78 is 1.85. The average molecular weight is 244 g/mol. The lowest BCUT2D eigenvalue weighted by molar-refractivity contribution is 0.742. The summed E-state index contributed by atoms with van der Waals surface area (Å²) in [6.07, 6.45) is 1.92. The van der Waals surface area contributed by atoms with E-state index in [0.717, 1.165) is 24.2 Å². The van der Waals surface area contributed by atoms with Gasteiger partial charge in [-0.1, -0.05) is 44.5 Å². The highest BCUT2D eigenvalue weighted by Crippen LogP contribution is 2.20. The van der Waals surface area contributed by atoms with Gasteiger partial charge in [0.25, 0.3) is 0 Å². The lowest BCUT2D eigenvalue weighted by Crippen LogP contribution is -2.04. The SMILES string of the molecule is CCCc1c(N)nnn1-c1cccc(C(C)C)c1. The van der Waals surface area contributed by atoms with E-state index in [4.69, 9.17) is 5.73 Å². The van der Waals surface area contributed by atoms with Crippen molar-refractivity contribution < 1.29 is 0 Å². The Labute approximate surface area is 108 Å². The van der Waals surface area contributed by atoms with Crippen LogP contribution in [0.2, 0.25) is 0 Å². The number of nitrogens with zero attached hydrogens (tertiary/aromatic N) is 3. The summed E-state index contributed by atoms with van der Waals surface area (Å²) in [5.74, 6) is 1.03. The Balaban J connectivity index is 2.45. The normalized spacial score (nSPS) is 11.1. The zero-order valence-electron chi connectivity index (χ0n) is 11.2. The van der Waals surface area contributed by atoms with Crippen LogP contribution in [0.4, 0.5) is 5.82 Å². The third-order valence-electron chi connectivity index (χ3n) is 3.06. The second-order valence-corrected chi connectivity index (χ2v) is 4.83. The van der Waals surface area contributed by atoms with Crippen molar-refractivity contribution in [3.05, 3.63) is 35.5 Å². The van der Waals surface area contributed by atoms with E-state index >= 15 is 0 Å². The summed E-state index contributed by atoms with van der Waals surface area (Å²) in [4.78, 5) is 0. The third-order valence-corrected chi connectivity index (χ3v) is 3.06. The molecule has 0 aliphatic heterocycles. The molecule has 1 aromatic heterocycles. The first-order valence-corrected chi connectivity index (χ1v) is 6.43. The van der Waals surface area contributed by atoms with E-state index in [1.54, 1.807) is 0 Å². The van der Waals surface area contributed by atoms with E-state index in [-0.39, 0.29) is 0 Å². The highest BCUT2D eigenvalue weighted by atomic mass is 15.4. The molecule has 0 saturated heterocycles. The van der Waals surface area contributed by atoms with Crippen molar-refractivity contribution in [2.45, 2.75) is 39.5 Å². The van der Waals surface area contributed by atoms with Crippen LogP contribution in [0, 0.1) is 0 Å². The summed E-state index contributed by atoms with van der Waals surface area (Å²) >= 11 is 0. The molecule has 0 amide bonds. The maximum Gasteiger partial charge on any atom is 0.169 e. The van der Waals surface area contributed by atoms with Gasteiger partial charge in [-0.2, -0.15) is 0 Å². The van der Waals surface area contributed by atoms with Gasteiger partial charge in [0, 0.05) is 0 Å². The largest absolute Gasteiger partial charge is 0.381 e. The van der Waals surface area contributed by atoms with Crippen molar-refractivity contribution in [1.82, 2.24) is 15.0 Å². The number of rotatable bonds is 4. The summed E-state index contributed by atoms with van der Waals surface area (Å²) in [6.45, 7) is 6.49. The fourth-order valence-corrected chi connectivity index (χ4v) is 2.01. The first-order valence-electron chi connectivity index (χ1n) is 6.43.